The average Bonchev–Trinajstić information content (AvgIpc) is 2.64. The first-order valence-corrected chi connectivity index (χ1v) is 10.2. The summed E-state index contributed by atoms with van der Waals surface area (Å²) in [5.74, 6) is 0.493. The van der Waals surface area contributed by atoms with Crippen molar-refractivity contribution < 1.29 is 18.8 Å². The van der Waals surface area contributed by atoms with Crippen molar-refractivity contribution in [2.24, 2.45) is 0 Å². The molecule has 0 unspecified atom stereocenters. The Hall–Kier alpha value is -2.34. The van der Waals surface area contributed by atoms with Gasteiger partial charge in [0.1, 0.15) is 11.3 Å². The fraction of sp³-hybridized carbons (Fsp3) is 0.545. The molecule has 6 heteroatoms. The molecule has 1 aliphatic rings. The molecule has 0 spiro atoms. The Morgan fingerprint density at radius 3 is 2.68 bits per heavy atom. The molecule has 0 radical (unpaired) electrons. The zero-order valence-electron chi connectivity index (χ0n) is 17.3. The van der Waals surface area contributed by atoms with Crippen molar-refractivity contribution in [2.45, 2.75) is 52.1 Å². The lowest BCUT2D eigenvalue weighted by atomic mass is 9.90. The van der Waals surface area contributed by atoms with Gasteiger partial charge in [-0.2, -0.15) is 0 Å². The molecule has 2 N–H and O–H groups in total. The van der Waals surface area contributed by atoms with Gasteiger partial charge in [-0.05, 0) is 62.8 Å². The smallest absolute Gasteiger partial charge is 0.339 e. The Morgan fingerprint density at radius 1 is 1.25 bits per heavy atom. The maximum Gasteiger partial charge on any atom is 0.339 e. The number of hydrogen-bond donors (Lipinski definition) is 2. The summed E-state index contributed by atoms with van der Waals surface area (Å²) in [7, 11) is 4.19. The number of ether oxygens (including phenoxy) is 1. The molecule has 152 valence electrons. The molecular formula is C22H31N2O4+. The van der Waals surface area contributed by atoms with Gasteiger partial charge >= 0.3 is 5.63 Å². The maximum atomic E-state index is 12.4. The van der Waals surface area contributed by atoms with Gasteiger partial charge in [-0.3, -0.25) is 4.79 Å². The van der Waals surface area contributed by atoms with Gasteiger partial charge in [0.25, 0.3) is 5.91 Å². The van der Waals surface area contributed by atoms with Gasteiger partial charge in [0.05, 0.1) is 26.0 Å². The fourth-order valence-corrected chi connectivity index (χ4v) is 3.80. The molecule has 1 aliphatic carbocycles. The standard InChI is InChI=1S/C22H30N2O4/c1-14-12-18(27-15(2)21(25)23-10-7-11-24(3)4)20-16-8-5-6-9-17(16)22(26)28-19(20)13-14/h12-13,15H,5-11H2,1-4H3,(H,23,25)/p+1/t15-/m0/s1. The molecular weight excluding hydrogens is 356 g/mol. The number of carbonyl (C=O) groups is 1. The normalized spacial score (nSPS) is 14.8. The van der Waals surface area contributed by atoms with Crippen molar-refractivity contribution in [3.05, 3.63) is 39.2 Å². The molecule has 1 heterocycles. The first kappa shape index (κ1) is 20.4. The SMILES string of the molecule is Cc1cc(O[C@@H](C)C(=O)NCCC[NH+](C)C)c2c3c(c(=O)oc2c1)CCCC3. The van der Waals surface area contributed by atoms with E-state index in [1.165, 1.54) is 4.90 Å². The molecule has 0 saturated heterocycles. The summed E-state index contributed by atoms with van der Waals surface area (Å²) in [6.07, 6.45) is 3.92. The number of amides is 1. The number of fused-ring (bicyclic) bond motifs is 3. The largest absolute Gasteiger partial charge is 0.480 e. The Balaban J connectivity index is 1.84. The van der Waals surface area contributed by atoms with E-state index in [-0.39, 0.29) is 11.5 Å². The molecule has 0 aliphatic heterocycles. The summed E-state index contributed by atoms with van der Waals surface area (Å²) in [5, 5.41) is 3.78. The van der Waals surface area contributed by atoms with Crippen molar-refractivity contribution in [1.29, 1.82) is 0 Å². The van der Waals surface area contributed by atoms with Crippen LogP contribution in [0.25, 0.3) is 11.0 Å². The van der Waals surface area contributed by atoms with Crippen LogP contribution in [0.1, 0.15) is 42.9 Å². The van der Waals surface area contributed by atoms with E-state index in [0.717, 1.165) is 60.7 Å². The van der Waals surface area contributed by atoms with Crippen LogP contribution in [0.4, 0.5) is 0 Å². The number of aryl methyl sites for hydroxylation is 2. The molecule has 1 amide bonds. The van der Waals surface area contributed by atoms with E-state index in [1.54, 1.807) is 6.92 Å². The van der Waals surface area contributed by atoms with Crippen LogP contribution in [0.2, 0.25) is 0 Å². The molecule has 1 aromatic carbocycles. The minimum Gasteiger partial charge on any atom is -0.480 e. The second-order valence-corrected chi connectivity index (χ2v) is 8.05. The topological polar surface area (TPSA) is 73.0 Å². The number of hydrogen-bond acceptors (Lipinski definition) is 4. The zero-order chi connectivity index (χ0) is 20.3. The van der Waals surface area contributed by atoms with E-state index in [9.17, 15) is 9.59 Å². The lowest BCUT2D eigenvalue weighted by Gasteiger charge is -2.21. The Bertz CT molecular complexity index is 917. The molecule has 0 bridgehead atoms. The van der Waals surface area contributed by atoms with Crippen molar-refractivity contribution in [3.8, 4) is 5.75 Å². The molecule has 3 rings (SSSR count). The predicted molar refractivity (Wildman–Crippen MR) is 109 cm³/mol. The Morgan fingerprint density at radius 2 is 1.96 bits per heavy atom. The van der Waals surface area contributed by atoms with Gasteiger partial charge in [-0.15, -0.1) is 0 Å². The van der Waals surface area contributed by atoms with E-state index in [2.05, 4.69) is 19.4 Å². The highest BCUT2D eigenvalue weighted by atomic mass is 16.5. The van der Waals surface area contributed by atoms with Gasteiger partial charge < -0.3 is 19.4 Å². The Labute approximate surface area is 165 Å². The third-order valence-corrected chi connectivity index (χ3v) is 5.25. The third-order valence-electron chi connectivity index (χ3n) is 5.25. The first-order valence-electron chi connectivity index (χ1n) is 10.2. The zero-order valence-corrected chi connectivity index (χ0v) is 17.3. The highest BCUT2D eigenvalue weighted by Crippen LogP contribution is 2.35. The number of carbonyl (C=O) groups excluding carboxylic acids is 1. The summed E-state index contributed by atoms with van der Waals surface area (Å²) in [4.78, 5) is 26.1. The molecule has 28 heavy (non-hydrogen) atoms. The molecule has 6 nitrogen and oxygen atoms in total. The summed E-state index contributed by atoms with van der Waals surface area (Å²) >= 11 is 0. The quantitative estimate of drug-likeness (QED) is 0.556. The van der Waals surface area contributed by atoms with E-state index in [4.69, 9.17) is 9.15 Å². The summed E-state index contributed by atoms with van der Waals surface area (Å²) in [5.41, 5.74) is 3.02. The van der Waals surface area contributed by atoms with Crippen LogP contribution in [-0.2, 0) is 17.6 Å². The molecule has 1 aromatic heterocycles. The Kier molecular flexibility index (Phi) is 6.39. The monoisotopic (exact) mass is 387 g/mol. The molecule has 0 fully saturated rings. The van der Waals surface area contributed by atoms with Gasteiger partial charge in [0, 0.05) is 18.5 Å². The van der Waals surface area contributed by atoms with E-state index in [1.807, 2.05) is 19.1 Å². The lowest BCUT2D eigenvalue weighted by molar-refractivity contribution is -0.858. The molecule has 1 atom stereocenters. The van der Waals surface area contributed by atoms with Gasteiger partial charge in [-0.25, -0.2) is 4.79 Å². The van der Waals surface area contributed by atoms with Crippen molar-refractivity contribution >= 4 is 16.9 Å². The van der Waals surface area contributed by atoms with Crippen LogP contribution in [-0.4, -0.2) is 39.2 Å². The number of nitrogens with one attached hydrogen (secondary N) is 2. The second-order valence-electron chi connectivity index (χ2n) is 8.05. The second kappa shape index (κ2) is 8.78. The molecule has 2 aromatic rings. The lowest BCUT2D eigenvalue weighted by Crippen LogP contribution is -3.05. The van der Waals surface area contributed by atoms with E-state index < -0.39 is 6.10 Å². The van der Waals surface area contributed by atoms with Crippen LogP contribution in [0.5, 0.6) is 5.75 Å². The van der Waals surface area contributed by atoms with Crippen LogP contribution in [0.15, 0.2) is 21.3 Å². The van der Waals surface area contributed by atoms with Gasteiger partial charge in [-0.1, -0.05) is 0 Å². The van der Waals surface area contributed by atoms with Gasteiger partial charge in [0.2, 0.25) is 0 Å². The fourth-order valence-electron chi connectivity index (χ4n) is 3.80. The summed E-state index contributed by atoms with van der Waals surface area (Å²) in [6, 6.07) is 3.79. The van der Waals surface area contributed by atoms with Crippen LogP contribution >= 0.6 is 0 Å². The van der Waals surface area contributed by atoms with Crippen molar-refractivity contribution in [2.75, 3.05) is 27.2 Å². The van der Waals surface area contributed by atoms with Crippen LogP contribution < -0.4 is 20.6 Å². The third kappa shape index (κ3) is 4.55. The summed E-state index contributed by atoms with van der Waals surface area (Å²) < 4.78 is 11.7. The predicted octanol–water partition coefficient (Wildman–Crippen LogP) is 1.40. The molecule has 0 saturated carbocycles. The average molecular weight is 388 g/mol. The minimum absolute atomic E-state index is 0.130. The number of quaternary nitrogens is 1. The van der Waals surface area contributed by atoms with Crippen molar-refractivity contribution in [1.82, 2.24) is 5.32 Å². The van der Waals surface area contributed by atoms with Crippen LogP contribution in [0.3, 0.4) is 0 Å². The highest BCUT2D eigenvalue weighted by molar-refractivity contribution is 5.89. The van der Waals surface area contributed by atoms with E-state index >= 15 is 0 Å². The summed E-state index contributed by atoms with van der Waals surface area (Å²) in [6.45, 7) is 5.33. The van der Waals surface area contributed by atoms with Crippen LogP contribution in [0, 0.1) is 6.92 Å². The number of benzene rings is 1. The highest BCUT2D eigenvalue weighted by Gasteiger charge is 2.23. The van der Waals surface area contributed by atoms with E-state index in [0.29, 0.717) is 17.9 Å². The maximum absolute atomic E-state index is 12.4. The van der Waals surface area contributed by atoms with Gasteiger partial charge in [0.15, 0.2) is 6.10 Å². The first-order chi connectivity index (χ1) is 13.4. The van der Waals surface area contributed by atoms with Crippen molar-refractivity contribution in [3.63, 3.8) is 0 Å². The number of rotatable bonds is 7. The minimum atomic E-state index is -0.622.